The molecule has 1 aromatic carbocycles. The molecule has 20 heavy (non-hydrogen) atoms. The van der Waals surface area contributed by atoms with Gasteiger partial charge in [0.25, 0.3) is 5.91 Å². The monoisotopic (exact) mass is 281 g/mol. The van der Waals surface area contributed by atoms with Crippen molar-refractivity contribution in [3.63, 3.8) is 0 Å². The number of halogens is 1. The first-order chi connectivity index (χ1) is 9.47. The zero-order valence-electron chi connectivity index (χ0n) is 11.1. The second-order valence-electron chi connectivity index (χ2n) is 4.81. The lowest BCUT2D eigenvalue weighted by Gasteiger charge is -2.24. The van der Waals surface area contributed by atoms with E-state index in [2.05, 4.69) is 0 Å². The van der Waals surface area contributed by atoms with Gasteiger partial charge in [0.1, 0.15) is 18.1 Å². The van der Waals surface area contributed by atoms with Gasteiger partial charge in [0.15, 0.2) is 6.10 Å². The Morgan fingerprint density at radius 3 is 2.75 bits per heavy atom. The number of carbonyl (C=O) groups is 2. The fraction of sp³-hybridized carbons (Fsp3) is 0.429. The van der Waals surface area contributed by atoms with Gasteiger partial charge in [0.2, 0.25) is 0 Å². The highest BCUT2D eigenvalue weighted by Gasteiger charge is 2.36. The van der Waals surface area contributed by atoms with Gasteiger partial charge in [0.05, 0.1) is 0 Å². The summed E-state index contributed by atoms with van der Waals surface area (Å²) in [7, 11) is 0. The normalized spacial score (nSPS) is 15.5. The maximum Gasteiger partial charge on any atom is 0.323 e. The first-order valence-electron chi connectivity index (χ1n) is 6.42. The Labute approximate surface area is 116 Å². The summed E-state index contributed by atoms with van der Waals surface area (Å²) in [6.07, 6.45) is 0.772. The van der Waals surface area contributed by atoms with E-state index in [0.717, 1.165) is 12.8 Å². The van der Waals surface area contributed by atoms with Crippen LogP contribution in [0.3, 0.4) is 0 Å². The molecular formula is C14H16FNO4. The van der Waals surface area contributed by atoms with Crippen molar-refractivity contribution in [2.24, 2.45) is 0 Å². The Kier molecular flexibility index (Phi) is 4.22. The fourth-order valence-electron chi connectivity index (χ4n) is 1.95. The molecule has 1 saturated carbocycles. The third kappa shape index (κ3) is 3.69. The average Bonchev–Trinajstić information content (AvgIpc) is 3.19. The van der Waals surface area contributed by atoms with Gasteiger partial charge in [-0.05, 0) is 31.9 Å². The van der Waals surface area contributed by atoms with Gasteiger partial charge in [-0.1, -0.05) is 6.07 Å². The summed E-state index contributed by atoms with van der Waals surface area (Å²) in [5.41, 5.74) is 0. The van der Waals surface area contributed by atoms with Crippen LogP contribution in [0.25, 0.3) is 0 Å². The first-order valence-corrected chi connectivity index (χ1v) is 6.42. The molecule has 1 aliphatic rings. The molecule has 1 aliphatic carbocycles. The van der Waals surface area contributed by atoms with Crippen molar-refractivity contribution in [1.29, 1.82) is 0 Å². The third-order valence-corrected chi connectivity index (χ3v) is 3.03. The Hall–Kier alpha value is -2.11. The number of nitrogens with zero attached hydrogens (tertiary/aromatic N) is 1. The molecule has 0 aliphatic heterocycles. The van der Waals surface area contributed by atoms with E-state index in [1.54, 1.807) is 6.07 Å². The topological polar surface area (TPSA) is 66.8 Å². The van der Waals surface area contributed by atoms with Crippen molar-refractivity contribution >= 4 is 11.9 Å². The van der Waals surface area contributed by atoms with Crippen molar-refractivity contribution in [3.05, 3.63) is 30.1 Å². The van der Waals surface area contributed by atoms with Crippen LogP contribution in [0.2, 0.25) is 0 Å². The molecule has 1 aromatic rings. The molecule has 0 heterocycles. The minimum Gasteiger partial charge on any atom is -0.481 e. The Balaban J connectivity index is 2.01. The van der Waals surface area contributed by atoms with Gasteiger partial charge in [-0.15, -0.1) is 0 Å². The summed E-state index contributed by atoms with van der Waals surface area (Å²) >= 11 is 0. The van der Waals surface area contributed by atoms with E-state index < -0.39 is 17.9 Å². The van der Waals surface area contributed by atoms with Crippen LogP contribution >= 0.6 is 0 Å². The molecule has 1 N–H and O–H groups in total. The SMILES string of the molecule is CC(Oc1cccc(F)c1)C(=O)N(CC(=O)O)C1CC1. The number of carbonyl (C=O) groups excluding carboxylic acids is 1. The highest BCUT2D eigenvalue weighted by Crippen LogP contribution is 2.27. The van der Waals surface area contributed by atoms with Gasteiger partial charge in [0, 0.05) is 12.1 Å². The average molecular weight is 281 g/mol. The number of benzene rings is 1. The fourth-order valence-corrected chi connectivity index (χ4v) is 1.95. The van der Waals surface area contributed by atoms with Crippen molar-refractivity contribution in [2.75, 3.05) is 6.54 Å². The smallest absolute Gasteiger partial charge is 0.323 e. The Morgan fingerprint density at radius 1 is 1.50 bits per heavy atom. The standard InChI is InChI=1S/C14H16FNO4/c1-9(20-12-4-2-3-10(15)7-12)14(19)16(8-13(17)18)11-5-6-11/h2-4,7,9,11H,5-6,8H2,1H3,(H,17,18). The number of carboxylic acid groups (broad SMARTS) is 1. The van der Waals surface area contributed by atoms with Crippen LogP contribution in [0.15, 0.2) is 24.3 Å². The molecule has 1 atom stereocenters. The number of hydrogen-bond acceptors (Lipinski definition) is 3. The zero-order valence-corrected chi connectivity index (χ0v) is 11.1. The Bertz CT molecular complexity index is 516. The predicted octanol–water partition coefficient (Wildman–Crippen LogP) is 1.67. The molecule has 5 nitrogen and oxygen atoms in total. The Morgan fingerprint density at radius 2 is 2.20 bits per heavy atom. The highest BCUT2D eigenvalue weighted by atomic mass is 19.1. The lowest BCUT2D eigenvalue weighted by atomic mass is 10.3. The zero-order chi connectivity index (χ0) is 14.7. The van der Waals surface area contributed by atoms with Crippen LogP contribution in [-0.2, 0) is 9.59 Å². The predicted molar refractivity (Wildman–Crippen MR) is 68.9 cm³/mol. The second kappa shape index (κ2) is 5.90. The van der Waals surface area contributed by atoms with Gasteiger partial charge in [-0.3, -0.25) is 9.59 Å². The number of ether oxygens (including phenoxy) is 1. The van der Waals surface area contributed by atoms with Gasteiger partial charge < -0.3 is 14.7 Å². The van der Waals surface area contributed by atoms with E-state index in [0.29, 0.717) is 0 Å². The molecular weight excluding hydrogens is 265 g/mol. The van der Waals surface area contributed by atoms with Gasteiger partial charge >= 0.3 is 5.97 Å². The summed E-state index contributed by atoms with van der Waals surface area (Å²) in [6.45, 7) is 1.20. The summed E-state index contributed by atoms with van der Waals surface area (Å²) in [5, 5.41) is 8.83. The molecule has 1 amide bonds. The number of carboxylic acids is 1. The van der Waals surface area contributed by atoms with E-state index in [1.165, 1.54) is 30.0 Å². The lowest BCUT2D eigenvalue weighted by molar-refractivity contribution is -0.148. The van der Waals surface area contributed by atoms with Crippen LogP contribution < -0.4 is 4.74 Å². The minimum absolute atomic E-state index is 0.0165. The van der Waals surface area contributed by atoms with E-state index in [9.17, 15) is 14.0 Å². The molecule has 2 rings (SSSR count). The van der Waals surface area contributed by atoms with Crippen LogP contribution in [0.1, 0.15) is 19.8 Å². The van der Waals surface area contributed by atoms with E-state index in [4.69, 9.17) is 9.84 Å². The molecule has 1 unspecified atom stereocenters. The molecule has 0 saturated heterocycles. The molecule has 0 spiro atoms. The lowest BCUT2D eigenvalue weighted by Crippen LogP contribution is -2.44. The van der Waals surface area contributed by atoms with Crippen LogP contribution in [0, 0.1) is 5.82 Å². The van der Waals surface area contributed by atoms with Crippen molar-refractivity contribution < 1.29 is 23.8 Å². The molecule has 0 radical (unpaired) electrons. The second-order valence-corrected chi connectivity index (χ2v) is 4.81. The molecule has 6 heteroatoms. The van der Waals surface area contributed by atoms with Crippen molar-refractivity contribution in [3.8, 4) is 5.75 Å². The highest BCUT2D eigenvalue weighted by molar-refractivity contribution is 5.85. The molecule has 0 bridgehead atoms. The van der Waals surface area contributed by atoms with E-state index >= 15 is 0 Å². The quantitative estimate of drug-likeness (QED) is 0.861. The largest absolute Gasteiger partial charge is 0.481 e. The van der Waals surface area contributed by atoms with Crippen LogP contribution in [0.4, 0.5) is 4.39 Å². The third-order valence-electron chi connectivity index (χ3n) is 3.03. The van der Waals surface area contributed by atoms with Gasteiger partial charge in [-0.2, -0.15) is 0 Å². The number of rotatable bonds is 6. The molecule has 0 aromatic heterocycles. The summed E-state index contributed by atoms with van der Waals surface area (Å²) in [6, 6.07) is 5.48. The van der Waals surface area contributed by atoms with E-state index in [-0.39, 0.29) is 24.2 Å². The van der Waals surface area contributed by atoms with Gasteiger partial charge in [-0.25, -0.2) is 4.39 Å². The maximum atomic E-state index is 13.0. The summed E-state index contributed by atoms with van der Waals surface area (Å²) in [5.74, 6) is -1.65. The van der Waals surface area contributed by atoms with Crippen molar-refractivity contribution in [1.82, 2.24) is 4.90 Å². The van der Waals surface area contributed by atoms with Crippen molar-refractivity contribution in [2.45, 2.75) is 31.9 Å². The van der Waals surface area contributed by atoms with Crippen LogP contribution in [0.5, 0.6) is 5.75 Å². The molecule has 1 fully saturated rings. The summed E-state index contributed by atoms with van der Waals surface area (Å²) in [4.78, 5) is 24.3. The van der Waals surface area contributed by atoms with E-state index in [1.807, 2.05) is 0 Å². The maximum absolute atomic E-state index is 13.0. The van der Waals surface area contributed by atoms with Crippen LogP contribution in [-0.4, -0.2) is 40.6 Å². The number of amides is 1. The number of hydrogen-bond donors (Lipinski definition) is 1. The minimum atomic E-state index is -1.05. The number of aliphatic carboxylic acids is 1. The molecule has 108 valence electrons. The first kappa shape index (κ1) is 14.3. The summed E-state index contributed by atoms with van der Waals surface area (Å²) < 4.78 is 18.4.